The molecular weight excluding hydrogens is 529 g/mol. The number of aliphatic carboxylic acids is 2. The smallest absolute Gasteiger partial charge is 0.544 e. The Morgan fingerprint density at radius 1 is 0.481 bits per heavy atom. The van der Waals surface area contributed by atoms with Crippen LogP contribution in [0.1, 0.15) is 0 Å². The molecule has 19 heteroatoms. The number of carbonyl (C=O) groups excluding carboxylic acids is 2. The van der Waals surface area contributed by atoms with Crippen LogP contribution in [-0.2, 0) is 29.1 Å². The molecule has 0 aliphatic rings. The van der Waals surface area contributed by atoms with Gasteiger partial charge in [0.1, 0.15) is 11.9 Å². The van der Waals surface area contributed by atoms with Crippen molar-refractivity contribution in [2.75, 3.05) is 0 Å². The number of hydrogen-bond donors (Lipinski definition) is 0. The Bertz CT molecular complexity index is 488. The van der Waals surface area contributed by atoms with Crippen molar-refractivity contribution >= 4 is 11.9 Å². The molecule has 0 spiro atoms. The van der Waals surface area contributed by atoms with Crippen LogP contribution in [0.25, 0.3) is 0 Å². The number of rotatable bonds is 4. The standard InChI is InChI=1S/2C4HF7O2.Rh/c2*5-2(6,1(12)13)3(7,8)4(9,10)11;/h2*(H,12,13);/q;;+2/p-2. The molecule has 0 heterocycles. The Hall–Kier alpha value is -1.42. The number of carboxylic acids is 2. The van der Waals surface area contributed by atoms with E-state index in [1.807, 2.05) is 0 Å². The van der Waals surface area contributed by atoms with Crippen LogP contribution in [0.4, 0.5) is 61.5 Å². The Kier molecular flexibility index (Phi) is 9.32. The van der Waals surface area contributed by atoms with Crippen molar-refractivity contribution in [1.82, 2.24) is 0 Å². The van der Waals surface area contributed by atoms with Crippen molar-refractivity contribution in [3.05, 3.63) is 0 Å². The Balaban J connectivity index is -0.000000411. The fourth-order valence-electron chi connectivity index (χ4n) is 0.612. The molecule has 0 aromatic carbocycles. The predicted molar refractivity (Wildman–Crippen MR) is 41.9 cm³/mol. The molecule has 4 nitrogen and oxygen atoms in total. The molecule has 0 saturated carbocycles. The fourth-order valence-corrected chi connectivity index (χ4v) is 0.612. The van der Waals surface area contributed by atoms with Crippen LogP contribution in [-0.4, -0.2) is 48.0 Å². The predicted octanol–water partition coefficient (Wildman–Crippen LogP) is 1.14. The van der Waals surface area contributed by atoms with Gasteiger partial charge >= 0.3 is 55.5 Å². The minimum absolute atomic E-state index is 0. The minimum atomic E-state index is -6.64. The van der Waals surface area contributed by atoms with Crippen LogP contribution in [0, 0.1) is 0 Å². The summed E-state index contributed by atoms with van der Waals surface area (Å²) in [6.07, 6.45) is -13.3. The summed E-state index contributed by atoms with van der Waals surface area (Å²) in [7, 11) is 0. The number of hydrogen-bond acceptors (Lipinski definition) is 4. The Labute approximate surface area is 149 Å². The molecule has 0 aromatic heterocycles. The minimum Gasteiger partial charge on any atom is -0.544 e. The molecular formula is C8F14O4Rh. The van der Waals surface area contributed by atoms with Crippen LogP contribution in [0.5, 0.6) is 0 Å². The molecule has 0 N–H and O–H groups in total. The first-order valence-corrected chi connectivity index (χ1v) is 4.96. The summed E-state index contributed by atoms with van der Waals surface area (Å²) in [6, 6.07) is 0. The average molecular weight is 529 g/mol. The maximum atomic E-state index is 11.7. The van der Waals surface area contributed by atoms with Gasteiger partial charge in [0.05, 0.1) is 0 Å². The van der Waals surface area contributed by atoms with E-state index in [9.17, 15) is 81.3 Å². The van der Waals surface area contributed by atoms with Crippen molar-refractivity contribution in [3.63, 3.8) is 0 Å². The van der Waals surface area contributed by atoms with Crippen molar-refractivity contribution in [3.8, 4) is 0 Å². The molecule has 0 unspecified atom stereocenters. The van der Waals surface area contributed by atoms with E-state index in [1.165, 1.54) is 0 Å². The van der Waals surface area contributed by atoms with Gasteiger partial charge in [0, 0.05) is 0 Å². The van der Waals surface area contributed by atoms with E-state index in [4.69, 9.17) is 0 Å². The van der Waals surface area contributed by atoms with Crippen molar-refractivity contribution < 1.29 is 101 Å². The van der Waals surface area contributed by atoms with E-state index >= 15 is 0 Å². The van der Waals surface area contributed by atoms with E-state index in [-0.39, 0.29) is 19.5 Å². The maximum Gasteiger partial charge on any atom is 2.00 e. The number of alkyl halides is 14. The van der Waals surface area contributed by atoms with Crippen LogP contribution in [0.15, 0.2) is 0 Å². The van der Waals surface area contributed by atoms with Gasteiger partial charge in [-0.15, -0.1) is 0 Å². The molecule has 0 aliphatic heterocycles. The summed E-state index contributed by atoms with van der Waals surface area (Å²) in [6.45, 7) is 0. The van der Waals surface area contributed by atoms with Gasteiger partial charge in [-0.2, -0.15) is 61.5 Å². The second-order valence-electron chi connectivity index (χ2n) is 3.87. The van der Waals surface area contributed by atoms with Crippen LogP contribution in [0.3, 0.4) is 0 Å². The van der Waals surface area contributed by atoms with Gasteiger partial charge in [0.15, 0.2) is 0 Å². The Morgan fingerprint density at radius 2 is 0.630 bits per heavy atom. The third-order valence-corrected chi connectivity index (χ3v) is 2.01. The zero-order chi connectivity index (χ0) is 22.2. The molecule has 27 heavy (non-hydrogen) atoms. The van der Waals surface area contributed by atoms with Gasteiger partial charge in [-0.25, -0.2) is 0 Å². The maximum absolute atomic E-state index is 11.7. The van der Waals surface area contributed by atoms with E-state index in [1.54, 1.807) is 0 Å². The molecule has 0 amide bonds. The zero-order valence-electron chi connectivity index (χ0n) is 11.3. The largest absolute Gasteiger partial charge is 2.00 e. The van der Waals surface area contributed by atoms with Crippen LogP contribution in [0.2, 0.25) is 0 Å². The van der Waals surface area contributed by atoms with Gasteiger partial charge in [-0.1, -0.05) is 0 Å². The number of halogens is 14. The molecule has 163 valence electrons. The average Bonchev–Trinajstić information content (AvgIpc) is 2.35. The quantitative estimate of drug-likeness (QED) is 0.405. The summed E-state index contributed by atoms with van der Waals surface area (Å²) in [5, 5.41) is 18.5. The summed E-state index contributed by atoms with van der Waals surface area (Å²) in [5.41, 5.74) is 0. The summed E-state index contributed by atoms with van der Waals surface area (Å²) in [5.74, 6) is -33.4. The monoisotopic (exact) mass is 529 g/mol. The molecule has 0 aromatic rings. The third-order valence-electron chi connectivity index (χ3n) is 2.01. The normalized spacial score (nSPS) is 13.9. The molecule has 0 bridgehead atoms. The van der Waals surface area contributed by atoms with Gasteiger partial charge < -0.3 is 19.8 Å². The van der Waals surface area contributed by atoms with E-state index < -0.39 is 48.0 Å². The van der Waals surface area contributed by atoms with E-state index in [2.05, 4.69) is 0 Å². The summed E-state index contributed by atoms with van der Waals surface area (Å²) >= 11 is 0. The molecule has 0 rings (SSSR count). The molecule has 1 radical (unpaired) electrons. The van der Waals surface area contributed by atoms with E-state index in [0.717, 1.165) is 0 Å². The first-order chi connectivity index (χ1) is 10.9. The van der Waals surface area contributed by atoms with Gasteiger partial charge in [-0.3, -0.25) is 0 Å². The van der Waals surface area contributed by atoms with Crippen LogP contribution < -0.4 is 10.2 Å². The molecule has 0 atom stereocenters. The second kappa shape index (κ2) is 8.30. The fraction of sp³-hybridized carbons (Fsp3) is 0.750. The first kappa shape index (κ1) is 30.3. The second-order valence-corrected chi connectivity index (χ2v) is 3.87. The third kappa shape index (κ3) is 5.78. The number of carbonyl (C=O) groups is 2. The Morgan fingerprint density at radius 3 is 0.667 bits per heavy atom. The van der Waals surface area contributed by atoms with Crippen molar-refractivity contribution in [1.29, 1.82) is 0 Å². The molecule has 0 aliphatic carbocycles. The zero-order valence-corrected chi connectivity index (χ0v) is 12.9. The van der Waals surface area contributed by atoms with Crippen LogP contribution >= 0.6 is 0 Å². The summed E-state index contributed by atoms with van der Waals surface area (Å²) in [4.78, 5) is 18.5. The molecule has 0 saturated heterocycles. The van der Waals surface area contributed by atoms with Crippen molar-refractivity contribution in [2.24, 2.45) is 0 Å². The van der Waals surface area contributed by atoms with Gasteiger partial charge in [0.25, 0.3) is 0 Å². The topological polar surface area (TPSA) is 80.3 Å². The summed E-state index contributed by atoms with van der Waals surface area (Å²) < 4.78 is 160. The first-order valence-electron chi connectivity index (χ1n) is 4.96. The molecule has 0 fully saturated rings. The number of carboxylic acid groups (broad SMARTS) is 2. The van der Waals surface area contributed by atoms with Crippen molar-refractivity contribution in [2.45, 2.75) is 36.0 Å². The van der Waals surface area contributed by atoms with Gasteiger partial charge in [0.2, 0.25) is 0 Å². The SMILES string of the molecule is O=C([O-])C(F)(F)C(F)(F)C(F)(F)F.O=C([O-])C(F)(F)C(F)(F)C(F)(F)F.[Rh+2]. The van der Waals surface area contributed by atoms with Gasteiger partial charge in [-0.05, 0) is 0 Å². The van der Waals surface area contributed by atoms with E-state index in [0.29, 0.717) is 0 Å².